The molecule has 2 N–H and O–H groups in total. The molecule has 10 heteroatoms. The minimum atomic E-state index is -1.000. The number of anilines is 1. The Bertz CT molecular complexity index is 867. The second-order valence-corrected chi connectivity index (χ2v) is 5.26. The Balaban J connectivity index is 1.94. The van der Waals surface area contributed by atoms with Crippen molar-refractivity contribution in [2.45, 2.75) is 0 Å². The molecule has 0 saturated heterocycles. The molecule has 0 heterocycles. The molecule has 0 unspecified atom stereocenters. The molecule has 0 aliphatic carbocycles. The SMILES string of the molecule is COc1ccc(NC(=O)C(=O)N/N=C/c2ccc(Cl)c([N+](=O)[O-])c2)cc1. The number of halogens is 1. The quantitative estimate of drug-likeness (QED) is 0.359. The Morgan fingerprint density at radius 1 is 1.19 bits per heavy atom. The summed E-state index contributed by atoms with van der Waals surface area (Å²) in [7, 11) is 1.51. The van der Waals surface area contributed by atoms with Crippen LogP contribution in [0.3, 0.4) is 0 Å². The fraction of sp³-hybridized carbons (Fsp3) is 0.0625. The summed E-state index contributed by atoms with van der Waals surface area (Å²) in [5.41, 5.74) is 2.47. The molecule has 0 atom stereocenters. The number of benzene rings is 2. The Labute approximate surface area is 152 Å². The number of hydrogen-bond acceptors (Lipinski definition) is 6. The van der Waals surface area contributed by atoms with Crippen molar-refractivity contribution >= 4 is 41.0 Å². The van der Waals surface area contributed by atoms with Crippen LogP contribution in [-0.4, -0.2) is 30.1 Å². The molecule has 26 heavy (non-hydrogen) atoms. The van der Waals surface area contributed by atoms with Gasteiger partial charge in [-0.25, -0.2) is 5.43 Å². The Morgan fingerprint density at radius 3 is 2.50 bits per heavy atom. The van der Waals surface area contributed by atoms with Gasteiger partial charge in [0.05, 0.1) is 18.2 Å². The number of nitrogens with zero attached hydrogens (tertiary/aromatic N) is 2. The number of methoxy groups -OCH3 is 1. The summed E-state index contributed by atoms with van der Waals surface area (Å²) >= 11 is 5.70. The summed E-state index contributed by atoms with van der Waals surface area (Å²) in [6, 6.07) is 10.4. The van der Waals surface area contributed by atoms with Crippen molar-refractivity contribution in [1.29, 1.82) is 0 Å². The first-order valence-corrected chi connectivity index (χ1v) is 7.51. The maximum Gasteiger partial charge on any atom is 0.329 e. The summed E-state index contributed by atoms with van der Waals surface area (Å²) in [6.45, 7) is 0. The highest BCUT2D eigenvalue weighted by Gasteiger charge is 2.14. The third kappa shape index (κ3) is 5.02. The summed E-state index contributed by atoms with van der Waals surface area (Å²) in [5, 5.41) is 16.8. The lowest BCUT2D eigenvalue weighted by Crippen LogP contribution is -2.32. The van der Waals surface area contributed by atoms with Crippen LogP contribution in [-0.2, 0) is 9.59 Å². The van der Waals surface area contributed by atoms with Gasteiger partial charge in [-0.05, 0) is 30.3 Å². The van der Waals surface area contributed by atoms with Crippen molar-refractivity contribution in [1.82, 2.24) is 5.43 Å². The molecule has 0 aromatic heterocycles. The van der Waals surface area contributed by atoms with E-state index >= 15 is 0 Å². The van der Waals surface area contributed by atoms with E-state index in [1.54, 1.807) is 24.3 Å². The van der Waals surface area contributed by atoms with Gasteiger partial charge >= 0.3 is 11.8 Å². The second-order valence-electron chi connectivity index (χ2n) is 4.85. The topological polar surface area (TPSA) is 123 Å². The number of carbonyl (C=O) groups is 2. The first-order chi connectivity index (χ1) is 12.4. The molecule has 2 aromatic carbocycles. The van der Waals surface area contributed by atoms with Crippen molar-refractivity contribution in [3.05, 3.63) is 63.2 Å². The molecule has 2 aromatic rings. The fourth-order valence-corrected chi connectivity index (χ4v) is 2.01. The largest absolute Gasteiger partial charge is 0.497 e. The van der Waals surface area contributed by atoms with Crippen molar-refractivity contribution in [2.75, 3.05) is 12.4 Å². The van der Waals surface area contributed by atoms with Crippen LogP contribution in [0, 0.1) is 10.1 Å². The summed E-state index contributed by atoms with van der Waals surface area (Å²) in [4.78, 5) is 33.6. The minimum absolute atomic E-state index is 0.0185. The number of nitro groups is 1. The number of nitro benzene ring substituents is 1. The predicted octanol–water partition coefficient (Wildman–Crippen LogP) is 2.35. The maximum atomic E-state index is 11.8. The molecule has 0 spiro atoms. The number of amides is 2. The zero-order valence-corrected chi connectivity index (χ0v) is 14.2. The molecular formula is C16H13ClN4O5. The summed E-state index contributed by atoms with van der Waals surface area (Å²) in [5.74, 6) is -1.32. The van der Waals surface area contributed by atoms with Crippen LogP contribution in [0.1, 0.15) is 5.56 Å². The molecule has 134 valence electrons. The first kappa shape index (κ1) is 18.9. The lowest BCUT2D eigenvalue weighted by atomic mass is 10.2. The number of rotatable bonds is 5. The molecule has 0 bridgehead atoms. The fourth-order valence-electron chi connectivity index (χ4n) is 1.83. The average Bonchev–Trinajstić information content (AvgIpc) is 2.63. The van der Waals surface area contributed by atoms with Crippen molar-refractivity contribution in [3.8, 4) is 5.75 Å². The van der Waals surface area contributed by atoms with Crippen LogP contribution in [0.2, 0.25) is 5.02 Å². The maximum absolute atomic E-state index is 11.8. The first-order valence-electron chi connectivity index (χ1n) is 7.13. The monoisotopic (exact) mass is 376 g/mol. The van der Waals surface area contributed by atoms with Crippen LogP contribution in [0.4, 0.5) is 11.4 Å². The molecule has 0 fully saturated rings. The number of hydrazone groups is 1. The van der Waals surface area contributed by atoms with Gasteiger partial charge in [0.15, 0.2) is 0 Å². The van der Waals surface area contributed by atoms with Gasteiger partial charge in [0, 0.05) is 17.3 Å². The normalized spacial score (nSPS) is 10.4. The van der Waals surface area contributed by atoms with Crippen LogP contribution in [0.15, 0.2) is 47.6 Å². The van der Waals surface area contributed by atoms with E-state index in [2.05, 4.69) is 10.4 Å². The molecule has 9 nitrogen and oxygen atoms in total. The van der Waals surface area contributed by atoms with Crippen molar-refractivity contribution < 1.29 is 19.2 Å². The lowest BCUT2D eigenvalue weighted by molar-refractivity contribution is -0.384. The van der Waals surface area contributed by atoms with E-state index < -0.39 is 16.7 Å². The third-order valence-corrected chi connectivity index (χ3v) is 3.42. The van der Waals surface area contributed by atoms with Crippen LogP contribution < -0.4 is 15.5 Å². The smallest absolute Gasteiger partial charge is 0.329 e. The molecule has 0 aliphatic rings. The van der Waals surface area contributed by atoms with Gasteiger partial charge in [-0.15, -0.1) is 0 Å². The van der Waals surface area contributed by atoms with Crippen LogP contribution >= 0.6 is 11.6 Å². The molecule has 2 amide bonds. The second kappa shape index (κ2) is 8.58. The van der Waals surface area contributed by atoms with E-state index in [-0.39, 0.29) is 10.7 Å². The van der Waals surface area contributed by atoms with E-state index in [1.165, 1.54) is 25.3 Å². The van der Waals surface area contributed by atoms with Gasteiger partial charge in [-0.3, -0.25) is 19.7 Å². The van der Waals surface area contributed by atoms with Crippen LogP contribution in [0.25, 0.3) is 0 Å². The average molecular weight is 377 g/mol. The van der Waals surface area contributed by atoms with Crippen molar-refractivity contribution in [3.63, 3.8) is 0 Å². The molecular weight excluding hydrogens is 364 g/mol. The number of carbonyl (C=O) groups excluding carboxylic acids is 2. The highest BCUT2D eigenvalue weighted by molar-refractivity contribution is 6.39. The number of ether oxygens (including phenoxy) is 1. The Kier molecular flexibility index (Phi) is 6.23. The minimum Gasteiger partial charge on any atom is -0.497 e. The standard InChI is InChI=1S/C16H13ClN4O5/c1-26-12-5-3-11(4-6-12)19-15(22)16(23)20-18-9-10-2-7-13(17)14(8-10)21(24)25/h2-9H,1H3,(H,19,22)(H,20,23)/b18-9+. The summed E-state index contributed by atoms with van der Waals surface area (Å²) in [6.07, 6.45) is 1.15. The van der Waals surface area contributed by atoms with Crippen LogP contribution in [0.5, 0.6) is 5.75 Å². The zero-order valence-electron chi connectivity index (χ0n) is 13.4. The van der Waals surface area contributed by atoms with E-state index in [1.807, 2.05) is 5.43 Å². The lowest BCUT2D eigenvalue weighted by Gasteiger charge is -2.05. The zero-order chi connectivity index (χ0) is 19.1. The molecule has 0 saturated carbocycles. The van der Waals surface area contributed by atoms with Gasteiger partial charge in [0.2, 0.25) is 0 Å². The molecule has 2 rings (SSSR count). The summed E-state index contributed by atoms with van der Waals surface area (Å²) < 4.78 is 4.99. The highest BCUT2D eigenvalue weighted by atomic mass is 35.5. The van der Waals surface area contributed by atoms with Gasteiger partial charge < -0.3 is 10.1 Å². The predicted molar refractivity (Wildman–Crippen MR) is 95.5 cm³/mol. The Morgan fingerprint density at radius 2 is 1.88 bits per heavy atom. The Hall–Kier alpha value is -3.46. The number of hydrogen-bond donors (Lipinski definition) is 2. The van der Waals surface area contributed by atoms with Crippen molar-refractivity contribution in [2.24, 2.45) is 5.10 Å². The van der Waals surface area contributed by atoms with Gasteiger partial charge in [-0.1, -0.05) is 17.7 Å². The van der Waals surface area contributed by atoms with Gasteiger partial charge in [0.1, 0.15) is 10.8 Å². The van der Waals surface area contributed by atoms with E-state index in [4.69, 9.17) is 16.3 Å². The van der Waals surface area contributed by atoms with Gasteiger partial charge in [-0.2, -0.15) is 5.10 Å². The molecule has 0 aliphatic heterocycles. The molecule has 0 radical (unpaired) electrons. The van der Waals surface area contributed by atoms with E-state index in [0.29, 0.717) is 17.0 Å². The highest BCUT2D eigenvalue weighted by Crippen LogP contribution is 2.24. The number of nitrogens with one attached hydrogen (secondary N) is 2. The van der Waals surface area contributed by atoms with Gasteiger partial charge in [0.25, 0.3) is 5.69 Å². The van der Waals surface area contributed by atoms with E-state index in [0.717, 1.165) is 6.21 Å². The third-order valence-electron chi connectivity index (χ3n) is 3.10. The van der Waals surface area contributed by atoms with E-state index in [9.17, 15) is 19.7 Å².